The maximum Gasteiger partial charge on any atom is 0.339 e. The second-order valence-corrected chi connectivity index (χ2v) is 6.74. The van der Waals surface area contributed by atoms with Gasteiger partial charge in [0.15, 0.2) is 6.10 Å². The molecule has 2 atom stereocenters. The molecular formula is C20H20N2O5. The van der Waals surface area contributed by atoms with E-state index in [2.05, 4.69) is 5.32 Å². The SMILES string of the molecule is O=C1OC(C(=O)N2CCCC2C(=O)NCc2ccco2)Cc2ccccc21. The van der Waals surface area contributed by atoms with Gasteiger partial charge in [0, 0.05) is 13.0 Å². The van der Waals surface area contributed by atoms with Crippen molar-refractivity contribution in [1.82, 2.24) is 10.2 Å². The number of rotatable bonds is 4. The zero-order valence-electron chi connectivity index (χ0n) is 14.7. The Labute approximate surface area is 156 Å². The molecule has 2 aliphatic heterocycles. The van der Waals surface area contributed by atoms with E-state index >= 15 is 0 Å². The molecule has 1 N–H and O–H groups in total. The summed E-state index contributed by atoms with van der Waals surface area (Å²) in [5, 5.41) is 2.80. The molecule has 0 radical (unpaired) electrons. The monoisotopic (exact) mass is 368 g/mol. The highest BCUT2D eigenvalue weighted by Crippen LogP contribution is 2.25. The number of carbonyl (C=O) groups excluding carboxylic acids is 3. The summed E-state index contributed by atoms with van der Waals surface area (Å²) in [7, 11) is 0. The number of benzene rings is 1. The Morgan fingerprint density at radius 2 is 2.04 bits per heavy atom. The molecule has 1 aromatic heterocycles. The number of nitrogens with one attached hydrogen (secondary N) is 1. The highest BCUT2D eigenvalue weighted by Gasteiger charge is 2.40. The molecule has 2 aromatic rings. The minimum Gasteiger partial charge on any atom is -0.467 e. The summed E-state index contributed by atoms with van der Waals surface area (Å²) >= 11 is 0. The van der Waals surface area contributed by atoms with E-state index in [1.54, 1.807) is 30.5 Å². The first kappa shape index (κ1) is 17.3. The van der Waals surface area contributed by atoms with Gasteiger partial charge < -0.3 is 19.4 Å². The lowest BCUT2D eigenvalue weighted by atomic mass is 9.98. The van der Waals surface area contributed by atoms with Gasteiger partial charge in [0.25, 0.3) is 5.91 Å². The van der Waals surface area contributed by atoms with E-state index in [9.17, 15) is 14.4 Å². The first-order valence-electron chi connectivity index (χ1n) is 9.03. The number of nitrogens with zero attached hydrogens (tertiary/aromatic N) is 1. The fourth-order valence-corrected chi connectivity index (χ4v) is 3.66. The van der Waals surface area contributed by atoms with Crippen molar-refractivity contribution in [3.05, 3.63) is 59.5 Å². The molecule has 2 amide bonds. The van der Waals surface area contributed by atoms with Crippen molar-refractivity contribution in [2.45, 2.75) is 38.0 Å². The van der Waals surface area contributed by atoms with Gasteiger partial charge in [0.05, 0.1) is 18.4 Å². The normalized spacial score (nSPS) is 21.5. The van der Waals surface area contributed by atoms with Gasteiger partial charge in [-0.25, -0.2) is 4.79 Å². The first-order valence-corrected chi connectivity index (χ1v) is 9.03. The van der Waals surface area contributed by atoms with Crippen molar-refractivity contribution in [2.75, 3.05) is 6.54 Å². The molecule has 140 valence electrons. The molecule has 1 saturated heterocycles. The zero-order valence-corrected chi connectivity index (χ0v) is 14.7. The van der Waals surface area contributed by atoms with Crippen LogP contribution in [0.15, 0.2) is 47.1 Å². The lowest BCUT2D eigenvalue weighted by Crippen LogP contribution is -2.51. The van der Waals surface area contributed by atoms with Crippen LogP contribution in [0.2, 0.25) is 0 Å². The number of ether oxygens (including phenoxy) is 1. The molecule has 27 heavy (non-hydrogen) atoms. The molecule has 0 aliphatic carbocycles. The molecule has 2 unspecified atom stereocenters. The van der Waals surface area contributed by atoms with Crippen LogP contribution in [-0.4, -0.2) is 41.4 Å². The van der Waals surface area contributed by atoms with Gasteiger partial charge in [-0.15, -0.1) is 0 Å². The van der Waals surface area contributed by atoms with Crippen molar-refractivity contribution in [1.29, 1.82) is 0 Å². The van der Waals surface area contributed by atoms with E-state index in [0.717, 1.165) is 12.0 Å². The number of hydrogen-bond acceptors (Lipinski definition) is 5. The zero-order chi connectivity index (χ0) is 18.8. The summed E-state index contributed by atoms with van der Waals surface area (Å²) in [6.45, 7) is 0.753. The van der Waals surface area contributed by atoms with Crippen LogP contribution in [0.1, 0.15) is 34.5 Å². The Morgan fingerprint density at radius 3 is 2.85 bits per heavy atom. The smallest absolute Gasteiger partial charge is 0.339 e. The summed E-state index contributed by atoms with van der Waals surface area (Å²) in [6, 6.07) is 10.1. The van der Waals surface area contributed by atoms with Crippen molar-refractivity contribution in [3.63, 3.8) is 0 Å². The van der Waals surface area contributed by atoms with Gasteiger partial charge in [0.1, 0.15) is 11.8 Å². The fraction of sp³-hybridized carbons (Fsp3) is 0.350. The molecule has 0 saturated carbocycles. The Kier molecular flexibility index (Phi) is 4.66. The minimum atomic E-state index is -0.883. The van der Waals surface area contributed by atoms with Crippen molar-refractivity contribution >= 4 is 17.8 Å². The average molecular weight is 368 g/mol. The second-order valence-electron chi connectivity index (χ2n) is 6.74. The Balaban J connectivity index is 1.43. The summed E-state index contributed by atoms with van der Waals surface area (Å²) < 4.78 is 10.6. The number of furan rings is 1. The number of carbonyl (C=O) groups is 3. The Bertz CT molecular complexity index is 861. The lowest BCUT2D eigenvalue weighted by Gasteiger charge is -2.30. The van der Waals surface area contributed by atoms with E-state index < -0.39 is 18.1 Å². The summed E-state index contributed by atoms with van der Waals surface area (Å²) in [5.74, 6) is -0.376. The molecule has 0 spiro atoms. The fourth-order valence-electron chi connectivity index (χ4n) is 3.66. The van der Waals surface area contributed by atoms with Crippen LogP contribution in [0, 0.1) is 0 Å². The van der Waals surface area contributed by atoms with E-state index in [1.165, 1.54) is 4.90 Å². The highest BCUT2D eigenvalue weighted by atomic mass is 16.5. The van der Waals surface area contributed by atoms with Crippen molar-refractivity contribution in [3.8, 4) is 0 Å². The Hall–Kier alpha value is -3.09. The molecule has 4 rings (SSSR count). The molecule has 1 fully saturated rings. The predicted octanol–water partition coefficient (Wildman–Crippen LogP) is 1.67. The molecule has 1 aromatic carbocycles. The molecular weight excluding hydrogens is 348 g/mol. The lowest BCUT2D eigenvalue weighted by molar-refractivity contribution is -0.145. The molecule has 3 heterocycles. The topological polar surface area (TPSA) is 88.9 Å². The number of esters is 1. The van der Waals surface area contributed by atoms with Crippen LogP contribution in [-0.2, 0) is 27.3 Å². The van der Waals surface area contributed by atoms with E-state index in [4.69, 9.17) is 9.15 Å². The van der Waals surface area contributed by atoms with Gasteiger partial charge in [-0.05, 0) is 36.6 Å². The minimum absolute atomic E-state index is 0.222. The second kappa shape index (κ2) is 7.26. The molecule has 2 aliphatic rings. The highest BCUT2D eigenvalue weighted by molar-refractivity contribution is 5.97. The van der Waals surface area contributed by atoms with Gasteiger partial charge in [-0.3, -0.25) is 9.59 Å². The van der Waals surface area contributed by atoms with Crippen LogP contribution in [0.4, 0.5) is 0 Å². The van der Waals surface area contributed by atoms with Gasteiger partial charge in [-0.1, -0.05) is 18.2 Å². The van der Waals surface area contributed by atoms with Crippen molar-refractivity contribution < 1.29 is 23.5 Å². The molecule has 7 heteroatoms. The largest absolute Gasteiger partial charge is 0.467 e. The van der Waals surface area contributed by atoms with Crippen LogP contribution in [0.25, 0.3) is 0 Å². The number of hydrogen-bond donors (Lipinski definition) is 1. The third-order valence-corrected chi connectivity index (χ3v) is 5.02. The van der Waals surface area contributed by atoms with Crippen LogP contribution < -0.4 is 5.32 Å². The average Bonchev–Trinajstić information content (AvgIpc) is 3.37. The summed E-state index contributed by atoms with van der Waals surface area (Å²) in [6.07, 6.45) is 2.32. The standard InChI is InChI=1S/C20H20N2O5/c23-18(21-12-14-6-4-10-26-14)16-8-3-9-22(16)19(24)17-11-13-5-1-2-7-15(13)20(25)27-17/h1-2,4-7,10,16-17H,3,8-9,11-12H2,(H,21,23). The van der Waals surface area contributed by atoms with Gasteiger partial charge >= 0.3 is 5.97 Å². The number of cyclic esters (lactones) is 1. The predicted molar refractivity (Wildman–Crippen MR) is 94.6 cm³/mol. The maximum atomic E-state index is 13.0. The van der Waals surface area contributed by atoms with Crippen LogP contribution in [0.3, 0.4) is 0 Å². The van der Waals surface area contributed by atoms with E-state index in [-0.39, 0.29) is 18.4 Å². The molecule has 7 nitrogen and oxygen atoms in total. The number of amides is 2. The number of likely N-dealkylation sites (tertiary alicyclic amines) is 1. The summed E-state index contributed by atoms with van der Waals surface area (Å²) in [5.41, 5.74) is 1.29. The molecule has 0 bridgehead atoms. The van der Waals surface area contributed by atoms with Crippen LogP contribution in [0.5, 0.6) is 0 Å². The summed E-state index contributed by atoms with van der Waals surface area (Å²) in [4.78, 5) is 39.2. The quantitative estimate of drug-likeness (QED) is 0.830. The van der Waals surface area contributed by atoms with E-state index in [1.807, 2.05) is 12.1 Å². The maximum absolute atomic E-state index is 13.0. The van der Waals surface area contributed by atoms with Gasteiger partial charge in [-0.2, -0.15) is 0 Å². The third kappa shape index (κ3) is 3.45. The van der Waals surface area contributed by atoms with Crippen molar-refractivity contribution in [2.24, 2.45) is 0 Å². The third-order valence-electron chi connectivity index (χ3n) is 5.02. The number of fused-ring (bicyclic) bond motifs is 1. The van der Waals surface area contributed by atoms with Crippen LogP contribution >= 0.6 is 0 Å². The first-order chi connectivity index (χ1) is 13.1. The Morgan fingerprint density at radius 1 is 1.19 bits per heavy atom. The van der Waals surface area contributed by atoms with E-state index in [0.29, 0.717) is 30.7 Å². The van der Waals surface area contributed by atoms with Gasteiger partial charge in [0.2, 0.25) is 5.91 Å².